The van der Waals surface area contributed by atoms with Gasteiger partial charge in [-0.1, -0.05) is 50.7 Å². The Labute approximate surface area is 204 Å². The second-order valence-electron chi connectivity index (χ2n) is 6.63. The largest absolute Gasteiger partial charge is 0.497 e. The summed E-state index contributed by atoms with van der Waals surface area (Å²) < 4.78 is 50.6. The lowest BCUT2D eigenvalue weighted by Gasteiger charge is -2.26. The van der Waals surface area contributed by atoms with Crippen LogP contribution in [0.15, 0.2) is 46.9 Å². The fourth-order valence-electron chi connectivity index (χ4n) is 3.23. The summed E-state index contributed by atoms with van der Waals surface area (Å²) in [5.74, 6) is 1.80. The Balaban J connectivity index is 0.000000523. The minimum atomic E-state index is -4.94. The highest BCUT2D eigenvalue weighted by molar-refractivity contribution is 9.10. The van der Waals surface area contributed by atoms with Crippen LogP contribution in [0.1, 0.15) is 30.4 Å². The van der Waals surface area contributed by atoms with Crippen LogP contribution < -0.4 is 36.7 Å². The second kappa shape index (κ2) is 10.6. The van der Waals surface area contributed by atoms with Crippen molar-refractivity contribution in [1.29, 1.82) is 0 Å². The molecule has 1 aliphatic rings. The Morgan fingerprint density at radius 2 is 1.66 bits per heavy atom. The molecule has 3 aromatic rings. The Kier molecular flexibility index (Phi) is 8.34. The first kappa shape index (κ1) is 25.1. The van der Waals surface area contributed by atoms with E-state index >= 15 is 0 Å². The standard InChI is InChI=1S/C21H21BrNO2S2.ClHO4/c1-4-23(5-2)21-26-19-16-12-14(22)8-11-17(16)25-18(20(19)27-21)13-6-9-15(24-3)10-7-13;2-1(3,4)5/h6-12,18H,4-5H2,1-3H3;(H,2,3,4,5)/q+1;/p-1. The maximum atomic E-state index is 8.49. The van der Waals surface area contributed by atoms with Crippen LogP contribution in [-0.2, 0) is 0 Å². The first-order valence-electron chi connectivity index (χ1n) is 9.58. The number of ether oxygens (including phenoxy) is 2. The molecule has 2 heterocycles. The number of fused-ring (bicyclic) bond motifs is 3. The van der Waals surface area contributed by atoms with Crippen molar-refractivity contribution in [2.75, 3.05) is 20.2 Å². The van der Waals surface area contributed by atoms with Crippen LogP contribution in [0.3, 0.4) is 0 Å². The maximum absolute atomic E-state index is 8.49. The second-order valence-corrected chi connectivity index (χ2v) is 10.6. The minimum absolute atomic E-state index is 0.0925. The van der Waals surface area contributed by atoms with Gasteiger partial charge in [0, 0.05) is 10.0 Å². The maximum Gasteiger partial charge on any atom is 0.314 e. The molecule has 0 fully saturated rings. The Morgan fingerprint density at radius 1 is 1.03 bits per heavy atom. The summed E-state index contributed by atoms with van der Waals surface area (Å²) in [5, 5.41) is 0. The van der Waals surface area contributed by atoms with Gasteiger partial charge >= 0.3 is 3.98 Å². The zero-order valence-corrected chi connectivity index (χ0v) is 21.5. The summed E-state index contributed by atoms with van der Waals surface area (Å²) in [7, 11) is -3.25. The monoisotopic (exact) mass is 561 g/mol. The molecule has 11 heteroatoms. The van der Waals surface area contributed by atoms with E-state index in [1.165, 1.54) is 19.3 Å². The normalized spacial score (nSPS) is 14.4. The van der Waals surface area contributed by atoms with Gasteiger partial charge in [-0.3, -0.25) is 0 Å². The van der Waals surface area contributed by atoms with Crippen LogP contribution in [0.25, 0.3) is 10.4 Å². The predicted octanol–water partition coefficient (Wildman–Crippen LogP) is 0.785. The van der Waals surface area contributed by atoms with Crippen LogP contribution in [0.5, 0.6) is 11.5 Å². The quantitative estimate of drug-likeness (QED) is 0.435. The molecule has 1 atom stereocenters. The third-order valence-electron chi connectivity index (χ3n) is 4.72. The summed E-state index contributed by atoms with van der Waals surface area (Å²) in [6.07, 6.45) is -0.0925. The molecule has 0 bridgehead atoms. The predicted molar refractivity (Wildman–Crippen MR) is 117 cm³/mol. The highest BCUT2D eigenvalue weighted by Gasteiger charge is 2.32. The molecule has 1 aliphatic heterocycles. The number of hydrogen-bond donors (Lipinski definition) is 0. The molecule has 0 saturated heterocycles. The van der Waals surface area contributed by atoms with Crippen molar-refractivity contribution in [3.63, 3.8) is 0 Å². The Morgan fingerprint density at radius 3 is 2.22 bits per heavy atom. The first-order valence-corrected chi connectivity index (χ1v) is 13.2. The van der Waals surface area contributed by atoms with Crippen molar-refractivity contribution >= 4 is 38.6 Å². The summed E-state index contributed by atoms with van der Waals surface area (Å²) >= 11 is 7.33. The van der Waals surface area contributed by atoms with Gasteiger partial charge in [0.15, 0.2) is 6.10 Å². The average Bonchev–Trinajstić information content (AvgIpc) is 3.18. The Bertz CT molecular complexity index is 1130. The smallest absolute Gasteiger partial charge is 0.314 e. The van der Waals surface area contributed by atoms with Crippen LogP contribution in [-0.4, -0.2) is 20.2 Å². The molecule has 0 amide bonds. The zero-order chi connectivity index (χ0) is 23.5. The van der Waals surface area contributed by atoms with Gasteiger partial charge in [0.2, 0.25) is 0 Å². The lowest BCUT2D eigenvalue weighted by molar-refractivity contribution is -2.00. The van der Waals surface area contributed by atoms with E-state index < -0.39 is 10.2 Å². The molecule has 1 unspecified atom stereocenters. The number of rotatable bonds is 4. The van der Waals surface area contributed by atoms with Crippen LogP contribution in [0.4, 0.5) is 0 Å². The van der Waals surface area contributed by atoms with Gasteiger partial charge in [0.25, 0.3) is 0 Å². The third kappa shape index (κ3) is 6.09. The van der Waals surface area contributed by atoms with Crippen LogP contribution in [0, 0.1) is 10.2 Å². The van der Waals surface area contributed by atoms with E-state index in [2.05, 4.69) is 58.6 Å². The van der Waals surface area contributed by atoms with Gasteiger partial charge in [-0.2, -0.15) is 0 Å². The van der Waals surface area contributed by atoms with Crippen molar-refractivity contribution < 1.29 is 38.4 Å². The molecule has 0 saturated carbocycles. The number of hydrogen-bond acceptors (Lipinski definition) is 8. The minimum Gasteiger partial charge on any atom is -0.497 e. The van der Waals surface area contributed by atoms with Gasteiger partial charge in [-0.25, -0.2) is 23.2 Å². The van der Waals surface area contributed by atoms with Crippen molar-refractivity contribution in [1.82, 2.24) is 4.58 Å². The summed E-state index contributed by atoms with van der Waals surface area (Å²) in [4.78, 5) is 2.59. The van der Waals surface area contributed by atoms with E-state index in [9.17, 15) is 0 Å². The number of halogens is 2. The van der Waals surface area contributed by atoms with E-state index in [1.807, 2.05) is 40.9 Å². The summed E-state index contributed by atoms with van der Waals surface area (Å²) in [6, 6.07) is 14.4. The molecule has 0 N–H and O–H groups in total. The van der Waals surface area contributed by atoms with Gasteiger partial charge < -0.3 is 9.47 Å². The van der Waals surface area contributed by atoms with Crippen molar-refractivity contribution in [3.8, 4) is 21.9 Å². The molecule has 4 rings (SSSR count). The fourth-order valence-corrected chi connectivity index (χ4v) is 6.64. The molecule has 0 aliphatic carbocycles. The molecule has 2 aromatic carbocycles. The molecule has 0 radical (unpaired) electrons. The van der Waals surface area contributed by atoms with E-state index in [1.54, 1.807) is 7.11 Å². The Hall–Kier alpha value is -1.50. The van der Waals surface area contributed by atoms with E-state index in [0.29, 0.717) is 0 Å². The van der Waals surface area contributed by atoms with E-state index in [0.717, 1.165) is 34.6 Å². The molecule has 7 nitrogen and oxygen atoms in total. The van der Waals surface area contributed by atoms with E-state index in [-0.39, 0.29) is 6.10 Å². The molecular formula is C21H21BrClNO6S2. The number of nitrogens with zero attached hydrogens (tertiary/aromatic N) is 1. The third-order valence-corrected chi connectivity index (χ3v) is 7.99. The van der Waals surface area contributed by atoms with Crippen molar-refractivity contribution in [2.24, 2.45) is 0 Å². The van der Waals surface area contributed by atoms with Crippen molar-refractivity contribution in [3.05, 3.63) is 61.4 Å². The SMILES string of the molecule is CC[N+](CC)=c1sc2c(s1)C(c1ccc(OC)cc1)Oc1ccc(Br)cc1-2.[O-][Cl+3]([O-])([O-])[O-]. The topological polar surface area (TPSA) is 114 Å². The van der Waals surface area contributed by atoms with Gasteiger partial charge in [-0.05, 0) is 49.7 Å². The molecule has 32 heavy (non-hydrogen) atoms. The lowest BCUT2D eigenvalue weighted by atomic mass is 10.0. The fraction of sp³-hybridized carbons (Fsp3) is 0.286. The van der Waals surface area contributed by atoms with Gasteiger partial charge in [0.05, 0.1) is 16.9 Å². The average molecular weight is 563 g/mol. The first-order chi connectivity index (χ1) is 15.1. The van der Waals surface area contributed by atoms with Crippen LogP contribution >= 0.6 is 38.6 Å². The van der Waals surface area contributed by atoms with Gasteiger partial charge in [0.1, 0.15) is 24.6 Å². The number of benzene rings is 2. The zero-order valence-electron chi connectivity index (χ0n) is 17.5. The van der Waals surface area contributed by atoms with Crippen LogP contribution in [0.2, 0.25) is 0 Å². The van der Waals surface area contributed by atoms with E-state index in [4.69, 9.17) is 28.1 Å². The highest BCUT2D eigenvalue weighted by Crippen LogP contribution is 2.48. The number of methoxy groups -OCH3 is 1. The summed E-state index contributed by atoms with van der Waals surface area (Å²) in [6.45, 7) is 6.42. The lowest BCUT2D eigenvalue weighted by Crippen LogP contribution is -2.68. The summed E-state index contributed by atoms with van der Waals surface area (Å²) in [5.41, 5.74) is 2.31. The molecule has 0 spiro atoms. The molecular weight excluding hydrogens is 542 g/mol. The molecule has 172 valence electrons. The highest BCUT2D eigenvalue weighted by atomic mass is 79.9. The van der Waals surface area contributed by atoms with Crippen molar-refractivity contribution in [2.45, 2.75) is 20.0 Å². The van der Waals surface area contributed by atoms with Gasteiger partial charge in [-0.15, -0.1) is 10.2 Å². The molecule has 1 aromatic heterocycles.